The Hall–Kier alpha value is -0.495. The lowest BCUT2D eigenvalue weighted by Crippen LogP contribution is -2.26. The van der Waals surface area contributed by atoms with Gasteiger partial charge in [-0.1, -0.05) is 38.2 Å². The molecule has 76 valence electrons. The molecule has 0 unspecified atom stereocenters. The van der Waals surface area contributed by atoms with Crippen molar-refractivity contribution >= 4 is 7.85 Å². The van der Waals surface area contributed by atoms with Gasteiger partial charge in [-0.3, -0.25) is 0 Å². The lowest BCUT2D eigenvalue weighted by molar-refractivity contribution is 0.672. The van der Waals surface area contributed by atoms with Crippen LogP contribution in [-0.4, -0.2) is 20.9 Å². The molecule has 0 saturated carbocycles. The lowest BCUT2D eigenvalue weighted by Gasteiger charge is -2.23. The number of piperidine rings is 1. The minimum atomic E-state index is -0.195. The van der Waals surface area contributed by atoms with E-state index < -0.39 is 0 Å². The van der Waals surface area contributed by atoms with Gasteiger partial charge < -0.3 is 5.32 Å². The van der Waals surface area contributed by atoms with Crippen LogP contribution in [0.2, 0.25) is 5.31 Å². The van der Waals surface area contributed by atoms with Gasteiger partial charge in [-0.05, 0) is 30.5 Å². The molecule has 0 aromatic heterocycles. The molecular weight excluding hydrogens is 169 g/mol. The Bertz CT molecular complexity index is 246. The number of nitrogens with one attached hydrogen (secondary N) is 1. The molecule has 0 aromatic rings. The van der Waals surface area contributed by atoms with Crippen LogP contribution in [0.4, 0.5) is 0 Å². The summed E-state index contributed by atoms with van der Waals surface area (Å²) in [5.74, 6) is 0. The Morgan fingerprint density at radius 3 is 2.71 bits per heavy atom. The number of hydrogen-bond donors (Lipinski definition) is 1. The van der Waals surface area contributed by atoms with Gasteiger partial charge in [0.05, 0.1) is 7.85 Å². The molecule has 1 saturated heterocycles. The van der Waals surface area contributed by atoms with Crippen molar-refractivity contribution in [3.05, 3.63) is 23.3 Å². The number of allylic oxidation sites excluding steroid dienone is 2. The SMILES string of the molecule is [B]C(C)(C)/C=C1/CCNC/C1=C/CC. The molecule has 0 aromatic carbocycles. The van der Waals surface area contributed by atoms with Crippen LogP contribution in [0.5, 0.6) is 0 Å². The summed E-state index contributed by atoms with van der Waals surface area (Å²) in [6.45, 7) is 8.34. The molecule has 1 rings (SSSR count). The minimum absolute atomic E-state index is 0.195. The maximum atomic E-state index is 6.00. The quantitative estimate of drug-likeness (QED) is 0.658. The van der Waals surface area contributed by atoms with Crippen molar-refractivity contribution in [3.8, 4) is 0 Å². The van der Waals surface area contributed by atoms with Crippen molar-refractivity contribution < 1.29 is 0 Å². The summed E-state index contributed by atoms with van der Waals surface area (Å²) >= 11 is 0. The van der Waals surface area contributed by atoms with Gasteiger partial charge >= 0.3 is 0 Å². The van der Waals surface area contributed by atoms with Gasteiger partial charge in [0, 0.05) is 6.54 Å². The van der Waals surface area contributed by atoms with Gasteiger partial charge in [-0.2, -0.15) is 0 Å². The van der Waals surface area contributed by atoms with E-state index in [4.69, 9.17) is 7.85 Å². The number of rotatable bonds is 2. The highest BCUT2D eigenvalue weighted by Crippen LogP contribution is 2.28. The van der Waals surface area contributed by atoms with Crippen LogP contribution in [0.3, 0.4) is 0 Å². The summed E-state index contributed by atoms with van der Waals surface area (Å²) in [6.07, 6.45) is 6.70. The molecule has 14 heavy (non-hydrogen) atoms. The molecule has 0 atom stereocenters. The second kappa shape index (κ2) is 4.83. The largest absolute Gasteiger partial charge is 0.312 e. The van der Waals surface area contributed by atoms with E-state index in [1.54, 1.807) is 0 Å². The summed E-state index contributed by atoms with van der Waals surface area (Å²) in [5.41, 5.74) is 2.86. The average Bonchev–Trinajstić information content (AvgIpc) is 2.06. The monoisotopic (exact) mass is 189 g/mol. The summed E-state index contributed by atoms with van der Waals surface area (Å²) in [7, 11) is 6.00. The van der Waals surface area contributed by atoms with Crippen molar-refractivity contribution in [2.45, 2.75) is 38.9 Å². The predicted molar refractivity (Wildman–Crippen MR) is 63.7 cm³/mol. The summed E-state index contributed by atoms with van der Waals surface area (Å²) in [6, 6.07) is 0. The third-order valence-electron chi connectivity index (χ3n) is 2.30. The zero-order valence-corrected chi connectivity index (χ0v) is 9.56. The maximum Gasteiger partial charge on any atom is 0.0794 e. The van der Waals surface area contributed by atoms with E-state index >= 15 is 0 Å². The van der Waals surface area contributed by atoms with Gasteiger partial charge in [0.25, 0.3) is 0 Å². The first-order valence-electron chi connectivity index (χ1n) is 5.43. The summed E-state index contributed by atoms with van der Waals surface area (Å²) in [5, 5.41) is 3.19. The van der Waals surface area contributed by atoms with E-state index in [2.05, 4.69) is 24.4 Å². The van der Waals surface area contributed by atoms with Crippen LogP contribution in [-0.2, 0) is 0 Å². The van der Waals surface area contributed by atoms with Gasteiger partial charge in [-0.25, -0.2) is 0 Å². The van der Waals surface area contributed by atoms with E-state index in [1.807, 2.05) is 13.8 Å². The molecule has 1 aliphatic heterocycles. The molecule has 1 aliphatic rings. The smallest absolute Gasteiger partial charge is 0.0794 e. The third-order valence-corrected chi connectivity index (χ3v) is 2.30. The van der Waals surface area contributed by atoms with E-state index in [0.717, 1.165) is 25.9 Å². The number of hydrogen-bond acceptors (Lipinski definition) is 1. The second-order valence-electron chi connectivity index (χ2n) is 4.56. The first-order chi connectivity index (χ1) is 6.53. The van der Waals surface area contributed by atoms with Crippen LogP contribution < -0.4 is 5.32 Å². The van der Waals surface area contributed by atoms with Crippen molar-refractivity contribution in [3.63, 3.8) is 0 Å². The van der Waals surface area contributed by atoms with Crippen molar-refractivity contribution in [1.29, 1.82) is 0 Å². The molecule has 1 nitrogen and oxygen atoms in total. The zero-order valence-electron chi connectivity index (χ0n) is 9.56. The average molecular weight is 189 g/mol. The summed E-state index contributed by atoms with van der Waals surface area (Å²) in [4.78, 5) is 0. The van der Waals surface area contributed by atoms with Crippen molar-refractivity contribution in [2.75, 3.05) is 13.1 Å². The minimum Gasteiger partial charge on any atom is -0.312 e. The standard InChI is InChI=1S/C12H20BN/c1-4-5-11-9-14-7-6-10(11)8-12(2,3)13/h5,8,14H,4,6-7,9H2,1-3H3/b10-8-,11-5-. The maximum absolute atomic E-state index is 6.00. The van der Waals surface area contributed by atoms with Gasteiger partial charge in [0.1, 0.15) is 0 Å². The van der Waals surface area contributed by atoms with E-state index in [0.29, 0.717) is 0 Å². The normalized spacial score (nSPS) is 24.5. The van der Waals surface area contributed by atoms with Crippen LogP contribution in [0.25, 0.3) is 0 Å². The fourth-order valence-corrected chi connectivity index (χ4v) is 1.78. The lowest BCUT2D eigenvalue weighted by atomic mass is 9.70. The highest BCUT2D eigenvalue weighted by atomic mass is 14.9. The highest BCUT2D eigenvalue weighted by Gasteiger charge is 2.14. The van der Waals surface area contributed by atoms with E-state index in [-0.39, 0.29) is 5.31 Å². The Labute approximate surface area is 89.1 Å². The predicted octanol–water partition coefficient (Wildman–Crippen LogP) is 2.61. The van der Waals surface area contributed by atoms with Crippen LogP contribution in [0.15, 0.2) is 23.3 Å². The van der Waals surface area contributed by atoms with Crippen LogP contribution >= 0.6 is 0 Å². The van der Waals surface area contributed by atoms with Crippen LogP contribution in [0, 0.1) is 0 Å². The first-order valence-corrected chi connectivity index (χ1v) is 5.43. The van der Waals surface area contributed by atoms with Crippen molar-refractivity contribution in [1.82, 2.24) is 5.32 Å². The Morgan fingerprint density at radius 1 is 1.43 bits per heavy atom. The molecule has 0 spiro atoms. The van der Waals surface area contributed by atoms with Crippen LogP contribution in [0.1, 0.15) is 33.6 Å². The molecule has 1 fully saturated rings. The molecule has 1 N–H and O–H groups in total. The molecule has 0 aliphatic carbocycles. The molecule has 0 bridgehead atoms. The van der Waals surface area contributed by atoms with E-state index in [1.165, 1.54) is 11.1 Å². The molecule has 2 radical (unpaired) electrons. The van der Waals surface area contributed by atoms with Gasteiger partial charge in [-0.15, -0.1) is 0 Å². The van der Waals surface area contributed by atoms with Gasteiger partial charge in [0.2, 0.25) is 0 Å². The molecule has 1 heterocycles. The third kappa shape index (κ3) is 3.71. The zero-order chi connectivity index (χ0) is 10.6. The Kier molecular flexibility index (Phi) is 4.00. The van der Waals surface area contributed by atoms with Crippen molar-refractivity contribution in [2.24, 2.45) is 0 Å². The first kappa shape index (κ1) is 11.6. The second-order valence-corrected chi connectivity index (χ2v) is 4.56. The molecule has 2 heteroatoms. The fraction of sp³-hybridized carbons (Fsp3) is 0.667. The Morgan fingerprint density at radius 2 is 2.14 bits per heavy atom. The summed E-state index contributed by atoms with van der Waals surface area (Å²) < 4.78 is 0. The Balaban J connectivity index is 2.83. The molecule has 0 amide bonds. The fourth-order valence-electron chi connectivity index (χ4n) is 1.78. The molecular formula is C12H20BN. The van der Waals surface area contributed by atoms with Gasteiger partial charge in [0.15, 0.2) is 0 Å². The topological polar surface area (TPSA) is 12.0 Å². The van der Waals surface area contributed by atoms with E-state index in [9.17, 15) is 0 Å². The highest BCUT2D eigenvalue weighted by molar-refractivity contribution is 6.16.